The lowest BCUT2D eigenvalue weighted by atomic mass is 10.2. The minimum Gasteiger partial charge on any atom is -1.00 e. The zero-order valence-electron chi connectivity index (χ0n) is 9.36. The molecule has 4 nitrogen and oxygen atoms in total. The normalized spacial score (nSPS) is 9.53. The number of hydrogen-bond acceptors (Lipinski definition) is 2. The van der Waals surface area contributed by atoms with Crippen LogP contribution in [0, 0.1) is 0 Å². The van der Waals surface area contributed by atoms with Gasteiger partial charge in [-0.05, 0) is 6.92 Å². The van der Waals surface area contributed by atoms with Gasteiger partial charge in [0.15, 0.2) is 0 Å². The fourth-order valence-electron chi connectivity index (χ4n) is 1.36. The van der Waals surface area contributed by atoms with Gasteiger partial charge in [-0.15, -0.1) is 0 Å². The summed E-state index contributed by atoms with van der Waals surface area (Å²) >= 11 is 0. The van der Waals surface area contributed by atoms with E-state index >= 15 is 0 Å². The van der Waals surface area contributed by atoms with E-state index in [-0.39, 0.29) is 29.9 Å². The number of rotatable bonds is 4. The molecule has 5 heteroatoms. The summed E-state index contributed by atoms with van der Waals surface area (Å²) < 4.78 is 8.71. The summed E-state index contributed by atoms with van der Waals surface area (Å²) in [5, 5.41) is 0. The predicted octanol–water partition coefficient (Wildman–Crippen LogP) is -2.56. The first kappa shape index (κ1) is 14.4. The Morgan fingerprint density at radius 2 is 2.27 bits per heavy atom. The third-order valence-corrected chi connectivity index (χ3v) is 2.27. The number of carbonyl (C=O) groups is 1. The molecule has 1 aromatic heterocycles. The van der Waals surface area contributed by atoms with E-state index in [1.54, 1.807) is 0 Å². The maximum absolute atomic E-state index is 10.9. The molecule has 86 valence electrons. The van der Waals surface area contributed by atoms with Crippen LogP contribution < -0.4 is 28.5 Å². The Labute approximate surface area is 107 Å². The molecule has 0 aliphatic carbocycles. The minimum atomic E-state index is -0.158. The van der Waals surface area contributed by atoms with Crippen LogP contribution in [0.25, 0.3) is 0 Å². The number of aryl methyl sites for hydroxylation is 3. The van der Waals surface area contributed by atoms with Gasteiger partial charge in [0.25, 0.3) is 0 Å². The number of carbonyl (C=O) groups excluding carboxylic acids is 1. The highest BCUT2D eigenvalue weighted by atomic mass is 127. The van der Waals surface area contributed by atoms with Gasteiger partial charge in [-0.1, -0.05) is 0 Å². The van der Waals surface area contributed by atoms with Crippen LogP contribution in [0.15, 0.2) is 12.5 Å². The van der Waals surface area contributed by atoms with E-state index in [9.17, 15) is 4.79 Å². The molecule has 0 N–H and O–H groups in total. The fourth-order valence-corrected chi connectivity index (χ4v) is 1.36. The van der Waals surface area contributed by atoms with Crippen molar-refractivity contribution < 1.29 is 38.1 Å². The fraction of sp³-hybridized carbons (Fsp3) is 0.600. The monoisotopic (exact) mass is 324 g/mol. The lowest BCUT2D eigenvalue weighted by Crippen LogP contribution is -3.00. The molecule has 0 radical (unpaired) electrons. The average Bonchev–Trinajstić information content (AvgIpc) is 2.55. The third kappa shape index (κ3) is 4.19. The number of imidazole rings is 1. The Kier molecular flexibility index (Phi) is 6.55. The first-order valence-electron chi connectivity index (χ1n) is 4.78. The molecule has 1 heterocycles. The molecular formula is C10H17IN2O2. The number of aromatic nitrogens is 2. The van der Waals surface area contributed by atoms with E-state index in [0.717, 1.165) is 18.7 Å². The summed E-state index contributed by atoms with van der Waals surface area (Å²) in [7, 11) is 3.40. The van der Waals surface area contributed by atoms with Crippen LogP contribution in [0.4, 0.5) is 0 Å². The average molecular weight is 324 g/mol. The molecule has 0 unspecified atom stereocenters. The van der Waals surface area contributed by atoms with Crippen molar-refractivity contribution in [2.45, 2.75) is 26.3 Å². The molecule has 0 fully saturated rings. The Bertz CT molecular complexity index is 323. The van der Waals surface area contributed by atoms with Gasteiger partial charge in [0.2, 0.25) is 6.33 Å². The zero-order valence-corrected chi connectivity index (χ0v) is 11.5. The summed E-state index contributed by atoms with van der Waals surface area (Å²) in [6.45, 7) is 3.04. The zero-order chi connectivity index (χ0) is 10.6. The summed E-state index contributed by atoms with van der Waals surface area (Å²) in [5.74, 6) is -0.158. The summed E-state index contributed by atoms with van der Waals surface area (Å²) in [6.07, 6.45) is 5.25. The van der Waals surface area contributed by atoms with Gasteiger partial charge < -0.3 is 28.7 Å². The van der Waals surface area contributed by atoms with E-state index in [2.05, 4.69) is 22.4 Å². The van der Waals surface area contributed by atoms with E-state index in [4.69, 9.17) is 0 Å². The molecule has 0 bridgehead atoms. The molecule has 0 saturated heterocycles. The van der Waals surface area contributed by atoms with Crippen molar-refractivity contribution >= 4 is 5.97 Å². The summed E-state index contributed by atoms with van der Waals surface area (Å²) in [5.41, 5.74) is 1.15. The molecule has 1 rings (SSSR count). The summed E-state index contributed by atoms with van der Waals surface area (Å²) in [4.78, 5) is 10.9. The van der Waals surface area contributed by atoms with Crippen LogP contribution >= 0.6 is 0 Å². The van der Waals surface area contributed by atoms with Gasteiger partial charge >= 0.3 is 5.97 Å². The summed E-state index contributed by atoms with van der Waals surface area (Å²) in [6, 6.07) is 0. The van der Waals surface area contributed by atoms with E-state index in [1.165, 1.54) is 7.11 Å². The van der Waals surface area contributed by atoms with E-state index in [1.807, 2.05) is 17.9 Å². The SMILES string of the molecule is CC[n+]1cc(CCC(=O)OC)n(C)c1.[I-]. The molecular weight excluding hydrogens is 307 g/mol. The lowest BCUT2D eigenvalue weighted by molar-refractivity contribution is -0.693. The Balaban J connectivity index is 0.00000196. The van der Waals surface area contributed by atoms with Crippen LogP contribution in [0.1, 0.15) is 19.0 Å². The molecule has 1 aromatic rings. The van der Waals surface area contributed by atoms with Gasteiger partial charge in [0.1, 0.15) is 11.9 Å². The van der Waals surface area contributed by atoms with Crippen LogP contribution in [0.3, 0.4) is 0 Å². The van der Waals surface area contributed by atoms with Gasteiger partial charge in [-0.2, -0.15) is 0 Å². The topological polar surface area (TPSA) is 35.1 Å². The number of esters is 1. The molecule has 15 heavy (non-hydrogen) atoms. The van der Waals surface area contributed by atoms with Crippen LogP contribution in [-0.2, 0) is 29.5 Å². The van der Waals surface area contributed by atoms with Crippen molar-refractivity contribution in [1.82, 2.24) is 4.57 Å². The van der Waals surface area contributed by atoms with Gasteiger partial charge in [-0.3, -0.25) is 4.79 Å². The number of hydrogen-bond donors (Lipinski definition) is 0. The van der Waals surface area contributed by atoms with Crippen molar-refractivity contribution in [3.63, 3.8) is 0 Å². The van der Waals surface area contributed by atoms with Crippen molar-refractivity contribution in [2.24, 2.45) is 7.05 Å². The molecule has 0 atom stereocenters. The lowest BCUT2D eigenvalue weighted by Gasteiger charge is -1.96. The standard InChI is InChI=1S/C10H17N2O2.HI/c1-4-12-7-9(11(2)8-12)5-6-10(13)14-3;/h7-8H,4-6H2,1-3H3;1H/q+1;/p-1. The third-order valence-electron chi connectivity index (χ3n) is 2.27. The molecule has 0 aliphatic rings. The highest BCUT2D eigenvalue weighted by Crippen LogP contribution is 2.00. The quantitative estimate of drug-likeness (QED) is 0.347. The van der Waals surface area contributed by atoms with Crippen LogP contribution in [0.2, 0.25) is 0 Å². The Hall–Kier alpha value is -0.590. The molecule has 0 spiro atoms. The number of ether oxygens (including phenoxy) is 1. The molecule has 0 saturated carbocycles. The number of nitrogens with zero attached hydrogens (tertiary/aromatic N) is 2. The highest BCUT2D eigenvalue weighted by Gasteiger charge is 2.10. The Morgan fingerprint density at radius 1 is 1.60 bits per heavy atom. The van der Waals surface area contributed by atoms with Crippen molar-refractivity contribution in [3.05, 3.63) is 18.2 Å². The maximum Gasteiger partial charge on any atom is 0.305 e. The van der Waals surface area contributed by atoms with Gasteiger partial charge in [0.05, 0.1) is 27.1 Å². The first-order chi connectivity index (χ1) is 6.67. The number of halogens is 1. The van der Waals surface area contributed by atoms with Crippen molar-refractivity contribution in [3.8, 4) is 0 Å². The second kappa shape index (κ2) is 6.81. The number of methoxy groups -OCH3 is 1. The predicted molar refractivity (Wildman–Crippen MR) is 51.6 cm³/mol. The largest absolute Gasteiger partial charge is 1.00 e. The van der Waals surface area contributed by atoms with Crippen molar-refractivity contribution in [1.29, 1.82) is 0 Å². The second-order valence-corrected chi connectivity index (χ2v) is 3.25. The van der Waals surface area contributed by atoms with E-state index < -0.39 is 0 Å². The van der Waals surface area contributed by atoms with Gasteiger partial charge in [0, 0.05) is 6.42 Å². The smallest absolute Gasteiger partial charge is 0.305 e. The van der Waals surface area contributed by atoms with E-state index in [0.29, 0.717) is 6.42 Å². The molecule has 0 aromatic carbocycles. The molecule has 0 amide bonds. The van der Waals surface area contributed by atoms with Crippen LogP contribution in [0.5, 0.6) is 0 Å². The minimum absolute atomic E-state index is 0. The van der Waals surface area contributed by atoms with Crippen LogP contribution in [-0.4, -0.2) is 17.6 Å². The van der Waals surface area contributed by atoms with Crippen molar-refractivity contribution in [2.75, 3.05) is 7.11 Å². The molecule has 0 aliphatic heterocycles. The second-order valence-electron chi connectivity index (χ2n) is 3.25. The first-order valence-corrected chi connectivity index (χ1v) is 4.78. The maximum atomic E-state index is 10.9. The van der Waals surface area contributed by atoms with Gasteiger partial charge in [-0.25, -0.2) is 9.13 Å². The highest BCUT2D eigenvalue weighted by molar-refractivity contribution is 5.69. The Morgan fingerprint density at radius 3 is 2.73 bits per heavy atom.